The van der Waals surface area contributed by atoms with E-state index in [0.717, 1.165) is 10.6 Å². The first-order valence-corrected chi connectivity index (χ1v) is 5.44. The van der Waals surface area contributed by atoms with E-state index in [1.807, 2.05) is 24.3 Å². The number of hydrazine groups is 1. The lowest BCUT2D eigenvalue weighted by molar-refractivity contribution is 1.07. The zero-order valence-corrected chi connectivity index (χ0v) is 9.78. The summed E-state index contributed by atoms with van der Waals surface area (Å²) in [6.45, 7) is 0.640. The summed E-state index contributed by atoms with van der Waals surface area (Å²) in [4.78, 5) is 8.06. The quantitative estimate of drug-likeness (QED) is 0.571. The Balaban J connectivity index is 2.02. The second-order valence-electron chi connectivity index (χ2n) is 3.39. The second-order valence-corrected chi connectivity index (χ2v) is 3.83. The summed E-state index contributed by atoms with van der Waals surface area (Å²) in [6, 6.07) is 9.41. The fraction of sp³-hybridized carbons (Fsp3) is 0.0909. The average Bonchev–Trinajstić information content (AvgIpc) is 2.37. The number of halogens is 1. The average molecular weight is 250 g/mol. The minimum absolute atomic E-state index is 0.376. The molecule has 0 atom stereocenters. The van der Waals surface area contributed by atoms with Crippen LogP contribution < -0.4 is 16.6 Å². The molecule has 0 aliphatic heterocycles. The number of nitrogens with zero attached hydrogens (tertiary/aromatic N) is 2. The molecule has 6 heteroatoms. The molecule has 1 aromatic heterocycles. The maximum absolute atomic E-state index is 5.89. The lowest BCUT2D eigenvalue weighted by atomic mass is 10.2. The van der Waals surface area contributed by atoms with Crippen LogP contribution in [0.1, 0.15) is 5.56 Å². The highest BCUT2D eigenvalue weighted by Gasteiger charge is 1.98. The van der Waals surface area contributed by atoms with Crippen LogP contribution in [-0.2, 0) is 6.54 Å². The van der Waals surface area contributed by atoms with E-state index in [9.17, 15) is 0 Å². The van der Waals surface area contributed by atoms with E-state index in [1.54, 1.807) is 12.3 Å². The first-order valence-electron chi connectivity index (χ1n) is 5.06. The fourth-order valence-electron chi connectivity index (χ4n) is 1.37. The number of anilines is 2. The molecule has 2 rings (SSSR count). The van der Waals surface area contributed by atoms with E-state index in [0.29, 0.717) is 18.3 Å². The zero-order valence-electron chi connectivity index (χ0n) is 9.02. The van der Waals surface area contributed by atoms with Crippen molar-refractivity contribution >= 4 is 23.4 Å². The molecular weight excluding hydrogens is 238 g/mol. The van der Waals surface area contributed by atoms with Crippen LogP contribution in [0.15, 0.2) is 36.5 Å². The maximum atomic E-state index is 5.89. The summed E-state index contributed by atoms with van der Waals surface area (Å²) >= 11 is 5.89. The van der Waals surface area contributed by atoms with Crippen LogP contribution >= 0.6 is 11.6 Å². The zero-order chi connectivity index (χ0) is 12.1. The van der Waals surface area contributed by atoms with Gasteiger partial charge in [0.1, 0.15) is 5.82 Å². The van der Waals surface area contributed by atoms with Gasteiger partial charge in [-0.15, -0.1) is 0 Å². The number of hydrogen-bond acceptors (Lipinski definition) is 5. The van der Waals surface area contributed by atoms with Crippen molar-refractivity contribution in [3.63, 3.8) is 0 Å². The molecule has 0 saturated heterocycles. The van der Waals surface area contributed by atoms with Crippen molar-refractivity contribution < 1.29 is 0 Å². The predicted molar refractivity (Wildman–Crippen MR) is 68.6 cm³/mol. The van der Waals surface area contributed by atoms with E-state index in [-0.39, 0.29) is 0 Å². The van der Waals surface area contributed by atoms with Gasteiger partial charge < -0.3 is 5.32 Å². The molecule has 0 fully saturated rings. The summed E-state index contributed by atoms with van der Waals surface area (Å²) in [7, 11) is 0. The molecular formula is C11H12ClN5. The van der Waals surface area contributed by atoms with Gasteiger partial charge in [0, 0.05) is 17.8 Å². The van der Waals surface area contributed by atoms with Gasteiger partial charge in [-0.3, -0.25) is 5.43 Å². The van der Waals surface area contributed by atoms with Crippen LogP contribution in [0.4, 0.5) is 11.8 Å². The molecule has 0 bridgehead atoms. The number of nitrogens with one attached hydrogen (secondary N) is 2. The van der Waals surface area contributed by atoms with Crippen LogP contribution in [0.3, 0.4) is 0 Å². The molecule has 4 N–H and O–H groups in total. The van der Waals surface area contributed by atoms with Gasteiger partial charge in [-0.25, -0.2) is 10.8 Å². The molecule has 0 amide bonds. The van der Waals surface area contributed by atoms with Crippen LogP contribution in [0, 0.1) is 0 Å². The molecule has 0 unspecified atom stereocenters. The Bertz CT molecular complexity index is 503. The molecule has 2 aromatic rings. The van der Waals surface area contributed by atoms with Crippen LogP contribution in [0.25, 0.3) is 0 Å². The van der Waals surface area contributed by atoms with E-state index in [1.165, 1.54) is 0 Å². The van der Waals surface area contributed by atoms with Crippen molar-refractivity contribution in [1.82, 2.24) is 9.97 Å². The summed E-state index contributed by atoms with van der Waals surface area (Å²) in [5, 5.41) is 3.88. The highest BCUT2D eigenvalue weighted by atomic mass is 35.5. The van der Waals surface area contributed by atoms with Crippen molar-refractivity contribution in [1.29, 1.82) is 0 Å². The SMILES string of the molecule is NNc1nccc(NCc2cccc(Cl)c2)n1. The highest BCUT2D eigenvalue weighted by Crippen LogP contribution is 2.12. The Labute approximate surface area is 104 Å². The monoisotopic (exact) mass is 249 g/mol. The summed E-state index contributed by atoms with van der Waals surface area (Å²) in [5.74, 6) is 6.30. The summed E-state index contributed by atoms with van der Waals surface area (Å²) in [5.41, 5.74) is 3.47. The van der Waals surface area contributed by atoms with Crippen molar-refractivity contribution in [2.24, 2.45) is 5.84 Å². The standard InChI is InChI=1S/C11H12ClN5/c12-9-3-1-2-8(6-9)7-15-10-4-5-14-11(16-10)17-13/h1-6H,7,13H2,(H2,14,15,16,17). The van der Waals surface area contributed by atoms with Crippen LogP contribution in [-0.4, -0.2) is 9.97 Å². The third-order valence-electron chi connectivity index (χ3n) is 2.15. The minimum Gasteiger partial charge on any atom is -0.366 e. The Morgan fingerprint density at radius 1 is 1.29 bits per heavy atom. The van der Waals surface area contributed by atoms with Crippen molar-refractivity contribution in [2.75, 3.05) is 10.7 Å². The van der Waals surface area contributed by atoms with Gasteiger partial charge in [0.2, 0.25) is 5.95 Å². The molecule has 88 valence electrons. The number of rotatable bonds is 4. The number of nitrogen functional groups attached to an aromatic ring is 1. The van der Waals surface area contributed by atoms with Gasteiger partial charge >= 0.3 is 0 Å². The van der Waals surface area contributed by atoms with Crippen molar-refractivity contribution in [2.45, 2.75) is 6.54 Å². The van der Waals surface area contributed by atoms with E-state index < -0.39 is 0 Å². The summed E-state index contributed by atoms with van der Waals surface area (Å²) < 4.78 is 0. The van der Waals surface area contributed by atoms with Crippen molar-refractivity contribution in [3.05, 3.63) is 47.1 Å². The minimum atomic E-state index is 0.376. The van der Waals surface area contributed by atoms with Gasteiger partial charge in [0.15, 0.2) is 0 Å². The van der Waals surface area contributed by atoms with Crippen molar-refractivity contribution in [3.8, 4) is 0 Å². The lowest BCUT2D eigenvalue weighted by Gasteiger charge is -2.06. The number of benzene rings is 1. The molecule has 1 heterocycles. The highest BCUT2D eigenvalue weighted by molar-refractivity contribution is 6.30. The third-order valence-corrected chi connectivity index (χ3v) is 2.38. The molecule has 0 spiro atoms. The predicted octanol–water partition coefficient (Wildman–Crippen LogP) is 2.03. The Morgan fingerprint density at radius 2 is 2.18 bits per heavy atom. The number of aromatic nitrogens is 2. The first kappa shape index (κ1) is 11.6. The Hall–Kier alpha value is -1.85. The van der Waals surface area contributed by atoms with Crippen LogP contribution in [0.5, 0.6) is 0 Å². The molecule has 17 heavy (non-hydrogen) atoms. The smallest absolute Gasteiger partial charge is 0.239 e. The topological polar surface area (TPSA) is 75.9 Å². The third kappa shape index (κ3) is 3.30. The van der Waals surface area contributed by atoms with Gasteiger partial charge in [-0.05, 0) is 23.8 Å². The van der Waals surface area contributed by atoms with Gasteiger partial charge in [-0.2, -0.15) is 4.98 Å². The Morgan fingerprint density at radius 3 is 2.94 bits per heavy atom. The number of hydrogen-bond donors (Lipinski definition) is 3. The fourth-order valence-corrected chi connectivity index (χ4v) is 1.58. The molecule has 0 saturated carbocycles. The molecule has 0 radical (unpaired) electrons. The lowest BCUT2D eigenvalue weighted by Crippen LogP contribution is -2.11. The van der Waals surface area contributed by atoms with E-state index in [2.05, 4.69) is 20.7 Å². The van der Waals surface area contributed by atoms with Crippen LogP contribution in [0.2, 0.25) is 5.02 Å². The maximum Gasteiger partial charge on any atom is 0.239 e. The van der Waals surface area contributed by atoms with E-state index >= 15 is 0 Å². The van der Waals surface area contributed by atoms with Gasteiger partial charge in [0.05, 0.1) is 0 Å². The molecule has 1 aromatic carbocycles. The van der Waals surface area contributed by atoms with E-state index in [4.69, 9.17) is 17.4 Å². The number of nitrogens with two attached hydrogens (primary N) is 1. The van der Waals surface area contributed by atoms with Gasteiger partial charge in [-0.1, -0.05) is 23.7 Å². The Kier molecular flexibility index (Phi) is 3.74. The first-order chi connectivity index (χ1) is 8.28. The largest absolute Gasteiger partial charge is 0.366 e. The molecule has 0 aliphatic carbocycles. The molecule has 5 nitrogen and oxygen atoms in total. The molecule has 0 aliphatic rings. The van der Waals surface area contributed by atoms with Gasteiger partial charge in [0.25, 0.3) is 0 Å². The summed E-state index contributed by atoms with van der Waals surface area (Å²) in [6.07, 6.45) is 1.63. The second kappa shape index (κ2) is 5.47. The normalized spacial score (nSPS) is 10.0.